The van der Waals surface area contributed by atoms with Crippen molar-refractivity contribution in [2.24, 2.45) is 0 Å². The second-order valence-corrected chi connectivity index (χ2v) is 6.77. The summed E-state index contributed by atoms with van der Waals surface area (Å²) in [5.74, 6) is 0.361. The number of anilines is 2. The molecular formula is C15H23N3O4S. The van der Waals surface area contributed by atoms with Gasteiger partial charge in [0.2, 0.25) is 10.0 Å². The fourth-order valence-corrected chi connectivity index (χ4v) is 2.51. The third kappa shape index (κ3) is 6.60. The molecule has 1 rings (SSSR count). The van der Waals surface area contributed by atoms with Gasteiger partial charge >= 0.3 is 6.03 Å². The third-order valence-corrected chi connectivity index (χ3v) is 3.62. The van der Waals surface area contributed by atoms with Crippen molar-refractivity contribution in [1.29, 1.82) is 0 Å². The van der Waals surface area contributed by atoms with Crippen LogP contribution in [0.25, 0.3) is 0 Å². The number of ether oxygens (including phenoxy) is 1. The molecule has 0 aliphatic heterocycles. The Bertz CT molecular complexity index is 659. The highest BCUT2D eigenvalue weighted by Gasteiger charge is 2.12. The van der Waals surface area contributed by atoms with Gasteiger partial charge in [-0.1, -0.05) is 13.0 Å². The van der Waals surface area contributed by atoms with Crippen molar-refractivity contribution in [3.05, 3.63) is 30.9 Å². The average molecular weight is 341 g/mol. The Morgan fingerprint density at radius 2 is 2.13 bits per heavy atom. The Hall–Kier alpha value is -2.22. The highest BCUT2D eigenvalue weighted by molar-refractivity contribution is 7.92. The summed E-state index contributed by atoms with van der Waals surface area (Å²) in [6, 6.07) is 4.33. The second-order valence-electron chi connectivity index (χ2n) is 5.02. The third-order valence-electron chi connectivity index (χ3n) is 3.03. The zero-order valence-electron chi connectivity index (χ0n) is 13.5. The Balaban J connectivity index is 2.86. The minimum absolute atomic E-state index is 0.000589. The molecule has 0 radical (unpaired) electrons. The van der Waals surface area contributed by atoms with Crippen LogP contribution in [-0.2, 0) is 10.0 Å². The largest absolute Gasteiger partial charge is 0.495 e. The molecule has 0 fully saturated rings. The van der Waals surface area contributed by atoms with Crippen molar-refractivity contribution < 1.29 is 17.9 Å². The van der Waals surface area contributed by atoms with E-state index in [0.717, 1.165) is 12.7 Å². The number of rotatable bonds is 8. The number of carbonyl (C=O) groups excluding carboxylic acids is 1. The summed E-state index contributed by atoms with van der Waals surface area (Å²) in [5.41, 5.74) is 0.703. The minimum atomic E-state index is -3.45. The molecule has 2 amide bonds. The maximum absolute atomic E-state index is 12.0. The van der Waals surface area contributed by atoms with Crippen LogP contribution in [0.1, 0.15) is 19.8 Å². The fourth-order valence-electron chi connectivity index (χ4n) is 1.95. The van der Waals surface area contributed by atoms with Gasteiger partial charge in [0.1, 0.15) is 5.75 Å². The highest BCUT2D eigenvalue weighted by Crippen LogP contribution is 2.28. The molecule has 8 heteroatoms. The molecule has 0 saturated heterocycles. The lowest BCUT2D eigenvalue weighted by Gasteiger charge is -2.16. The SMILES string of the molecule is C=CC[C@@H](CC)NC(=O)Nc1ccc(OC)c(NS(C)(=O)=O)c1. The second kappa shape index (κ2) is 8.42. The summed E-state index contributed by atoms with van der Waals surface area (Å²) in [6.45, 7) is 5.62. The van der Waals surface area contributed by atoms with Crippen molar-refractivity contribution in [3.63, 3.8) is 0 Å². The molecule has 0 aliphatic carbocycles. The predicted molar refractivity (Wildman–Crippen MR) is 92.5 cm³/mol. The smallest absolute Gasteiger partial charge is 0.319 e. The van der Waals surface area contributed by atoms with E-state index in [-0.39, 0.29) is 17.8 Å². The summed E-state index contributed by atoms with van der Waals surface area (Å²) >= 11 is 0. The lowest BCUT2D eigenvalue weighted by molar-refractivity contribution is 0.248. The first-order chi connectivity index (χ1) is 10.8. The van der Waals surface area contributed by atoms with Gasteiger partial charge in [-0.3, -0.25) is 4.72 Å². The standard InChI is InChI=1S/C15H23N3O4S/c1-5-7-11(6-2)16-15(19)17-12-8-9-14(22-3)13(10-12)18-23(4,20)21/h5,8-11,18H,1,6-7H2,2-4H3,(H2,16,17,19)/t11-/m1/s1. The van der Waals surface area contributed by atoms with Crippen LogP contribution in [0.15, 0.2) is 30.9 Å². The minimum Gasteiger partial charge on any atom is -0.495 e. The summed E-state index contributed by atoms with van der Waals surface area (Å²) in [7, 11) is -2.02. The quantitative estimate of drug-likeness (QED) is 0.633. The number of benzene rings is 1. The van der Waals surface area contributed by atoms with E-state index in [2.05, 4.69) is 21.9 Å². The van der Waals surface area contributed by atoms with E-state index in [9.17, 15) is 13.2 Å². The van der Waals surface area contributed by atoms with Gasteiger partial charge in [0.05, 0.1) is 19.1 Å². The molecule has 0 bridgehead atoms. The van der Waals surface area contributed by atoms with Crippen molar-refractivity contribution in [3.8, 4) is 5.75 Å². The van der Waals surface area contributed by atoms with Crippen LogP contribution in [0.5, 0.6) is 5.75 Å². The molecule has 0 spiro atoms. The van der Waals surface area contributed by atoms with Crippen LogP contribution < -0.4 is 20.1 Å². The van der Waals surface area contributed by atoms with Gasteiger partial charge in [-0.15, -0.1) is 6.58 Å². The van der Waals surface area contributed by atoms with E-state index in [1.54, 1.807) is 18.2 Å². The van der Waals surface area contributed by atoms with Gasteiger partial charge in [-0.2, -0.15) is 0 Å². The lowest BCUT2D eigenvalue weighted by Crippen LogP contribution is -2.37. The lowest BCUT2D eigenvalue weighted by atomic mass is 10.1. The first-order valence-electron chi connectivity index (χ1n) is 7.13. The van der Waals surface area contributed by atoms with E-state index in [1.165, 1.54) is 13.2 Å². The van der Waals surface area contributed by atoms with Gasteiger partial charge in [-0.25, -0.2) is 13.2 Å². The molecule has 0 aliphatic rings. The number of nitrogens with one attached hydrogen (secondary N) is 3. The fraction of sp³-hybridized carbons (Fsp3) is 0.400. The Kier molecular flexibility index (Phi) is 6.89. The van der Waals surface area contributed by atoms with Crippen LogP contribution in [0.2, 0.25) is 0 Å². The molecule has 3 N–H and O–H groups in total. The van der Waals surface area contributed by atoms with Crippen LogP contribution in [0.3, 0.4) is 0 Å². The number of sulfonamides is 1. The van der Waals surface area contributed by atoms with Gasteiger partial charge < -0.3 is 15.4 Å². The number of methoxy groups -OCH3 is 1. The Morgan fingerprint density at radius 1 is 1.43 bits per heavy atom. The molecule has 0 unspecified atom stereocenters. The predicted octanol–water partition coefficient (Wildman–Crippen LogP) is 2.54. The maximum atomic E-state index is 12.0. The maximum Gasteiger partial charge on any atom is 0.319 e. The van der Waals surface area contributed by atoms with E-state index < -0.39 is 10.0 Å². The molecule has 128 valence electrons. The Labute approximate surface area is 137 Å². The van der Waals surface area contributed by atoms with Crippen molar-refractivity contribution in [1.82, 2.24) is 5.32 Å². The molecule has 0 saturated carbocycles. The molecule has 1 aromatic rings. The van der Waals surface area contributed by atoms with E-state index in [0.29, 0.717) is 17.9 Å². The van der Waals surface area contributed by atoms with Crippen LogP contribution in [-0.4, -0.2) is 33.9 Å². The first kappa shape index (κ1) is 18.8. The number of amides is 2. The molecule has 1 atom stereocenters. The highest BCUT2D eigenvalue weighted by atomic mass is 32.2. The zero-order chi connectivity index (χ0) is 17.5. The molecule has 0 heterocycles. The van der Waals surface area contributed by atoms with E-state index >= 15 is 0 Å². The van der Waals surface area contributed by atoms with Crippen molar-refractivity contribution in [2.75, 3.05) is 23.4 Å². The summed E-state index contributed by atoms with van der Waals surface area (Å²) in [4.78, 5) is 12.0. The summed E-state index contributed by atoms with van der Waals surface area (Å²) in [5, 5.41) is 5.49. The first-order valence-corrected chi connectivity index (χ1v) is 9.02. The molecular weight excluding hydrogens is 318 g/mol. The summed E-state index contributed by atoms with van der Waals surface area (Å²) in [6.07, 6.45) is 4.24. The topological polar surface area (TPSA) is 96.5 Å². The van der Waals surface area contributed by atoms with Gasteiger partial charge in [-0.05, 0) is 31.0 Å². The van der Waals surface area contributed by atoms with Crippen LogP contribution >= 0.6 is 0 Å². The van der Waals surface area contributed by atoms with E-state index in [1.807, 2.05) is 6.92 Å². The summed E-state index contributed by atoms with van der Waals surface area (Å²) < 4.78 is 30.2. The Morgan fingerprint density at radius 3 is 2.65 bits per heavy atom. The number of urea groups is 1. The van der Waals surface area contributed by atoms with E-state index in [4.69, 9.17) is 4.74 Å². The van der Waals surface area contributed by atoms with Crippen molar-refractivity contribution in [2.45, 2.75) is 25.8 Å². The van der Waals surface area contributed by atoms with Gasteiger partial charge in [0.25, 0.3) is 0 Å². The number of carbonyl (C=O) groups is 1. The average Bonchev–Trinajstić information content (AvgIpc) is 2.45. The zero-order valence-corrected chi connectivity index (χ0v) is 14.4. The molecule has 23 heavy (non-hydrogen) atoms. The molecule has 1 aromatic carbocycles. The number of hydrogen-bond acceptors (Lipinski definition) is 4. The normalized spacial score (nSPS) is 12.1. The van der Waals surface area contributed by atoms with Gasteiger partial charge in [0, 0.05) is 11.7 Å². The van der Waals surface area contributed by atoms with Crippen LogP contribution in [0, 0.1) is 0 Å². The van der Waals surface area contributed by atoms with Crippen LogP contribution in [0.4, 0.5) is 16.2 Å². The van der Waals surface area contributed by atoms with Crippen molar-refractivity contribution >= 4 is 27.4 Å². The monoisotopic (exact) mass is 341 g/mol. The van der Waals surface area contributed by atoms with Gasteiger partial charge in [0.15, 0.2) is 0 Å². The molecule has 0 aromatic heterocycles. The molecule has 7 nitrogen and oxygen atoms in total. The number of hydrogen-bond donors (Lipinski definition) is 3.